The molecule has 0 fully saturated rings. The molecular weight excluding hydrogens is 737 g/mol. The van der Waals surface area contributed by atoms with Crippen LogP contribution in [0.4, 0.5) is 0 Å². The van der Waals surface area contributed by atoms with Gasteiger partial charge in [0.1, 0.15) is 95.2 Å². The summed E-state index contributed by atoms with van der Waals surface area (Å²) in [7, 11) is 66.4. The first-order valence-corrected chi connectivity index (χ1v) is 19.0. The SMILES string of the molecule is [B]c1c([B])c([B])c2c(oc3c2c([B])c([B])c2c3c3c([B])c([B])c([B])c([B])c3n2-c2cccc3c2oc2cc(-c4nc(-c5ccccc5)nc(-c5ccccc5)n4)ccc23)c1[B]. The molecule has 0 bridgehead atoms. The Labute approximate surface area is 362 Å². The lowest BCUT2D eigenvalue weighted by molar-refractivity contribution is 0.666. The monoisotopic (exact) mass is 754 g/mol. The number of hydrogen-bond acceptors (Lipinski definition) is 5. The second-order valence-corrected chi connectivity index (χ2v) is 14.9. The highest BCUT2D eigenvalue weighted by molar-refractivity contribution is 6.71. The van der Waals surface area contributed by atoms with E-state index in [1.54, 1.807) is 0 Å². The summed E-state index contributed by atoms with van der Waals surface area (Å²) in [4.78, 5) is 14.7. The largest absolute Gasteiger partial charge is 0.456 e. The molecule has 0 aliphatic rings. The number of rotatable bonds is 4. The molecule has 0 saturated carbocycles. The van der Waals surface area contributed by atoms with Crippen LogP contribution in [0.15, 0.2) is 106 Å². The van der Waals surface area contributed by atoms with Gasteiger partial charge in [-0.05, 0) is 18.2 Å². The topological polar surface area (TPSA) is 69.9 Å². The molecule has 16 heteroatoms. The second-order valence-electron chi connectivity index (χ2n) is 14.9. The van der Waals surface area contributed by atoms with Crippen molar-refractivity contribution in [1.82, 2.24) is 19.5 Å². The van der Waals surface area contributed by atoms with Crippen molar-refractivity contribution in [2.24, 2.45) is 0 Å². The third-order valence-electron chi connectivity index (χ3n) is 11.6. The third kappa shape index (κ3) is 5.27. The van der Waals surface area contributed by atoms with E-state index >= 15 is 0 Å². The minimum Gasteiger partial charge on any atom is -0.456 e. The zero-order valence-corrected chi connectivity index (χ0v) is 32.1. The van der Waals surface area contributed by atoms with Gasteiger partial charge in [-0.1, -0.05) is 112 Å². The minimum absolute atomic E-state index is 0.0681. The van der Waals surface area contributed by atoms with Gasteiger partial charge in [0.2, 0.25) is 0 Å². The molecule has 0 saturated heterocycles. The predicted molar refractivity (Wildman–Crippen MR) is 259 cm³/mol. The first-order chi connectivity index (χ1) is 29.4. The number of para-hydroxylation sites is 1. The number of fused-ring (bicyclic) bond motifs is 10. The molecule has 6 nitrogen and oxygen atoms in total. The molecule has 11 rings (SSSR count). The summed E-state index contributed by atoms with van der Waals surface area (Å²) in [6.45, 7) is 0. The van der Waals surface area contributed by atoms with Gasteiger partial charge in [-0.15, -0.1) is 21.9 Å². The van der Waals surface area contributed by atoms with Gasteiger partial charge < -0.3 is 13.4 Å². The van der Waals surface area contributed by atoms with Crippen LogP contribution in [-0.2, 0) is 0 Å². The molecule has 0 N–H and O–H groups in total. The highest BCUT2D eigenvalue weighted by atomic mass is 16.3. The fourth-order valence-electron chi connectivity index (χ4n) is 8.52. The van der Waals surface area contributed by atoms with Crippen LogP contribution in [-0.4, -0.2) is 98.0 Å². The third-order valence-corrected chi connectivity index (χ3v) is 11.6. The lowest BCUT2D eigenvalue weighted by Crippen LogP contribution is -2.48. The van der Waals surface area contributed by atoms with E-state index in [1.165, 1.54) is 0 Å². The lowest BCUT2D eigenvalue weighted by Gasteiger charge is -2.17. The van der Waals surface area contributed by atoms with Crippen molar-refractivity contribution < 1.29 is 8.83 Å². The molecule has 0 atom stereocenters. The number of hydrogen-bond donors (Lipinski definition) is 0. The average molecular weight is 753 g/mol. The fraction of sp³-hybridized carbons (Fsp3) is 0. The van der Waals surface area contributed by atoms with Gasteiger partial charge in [0.05, 0.1) is 11.2 Å². The molecule has 11 aromatic rings. The van der Waals surface area contributed by atoms with Gasteiger partial charge >= 0.3 is 0 Å². The van der Waals surface area contributed by atoms with Crippen LogP contribution < -0.4 is 54.6 Å². The Morgan fingerprint density at radius 3 is 1.51 bits per heavy atom. The zero-order chi connectivity index (χ0) is 42.2. The number of benzene rings is 7. The van der Waals surface area contributed by atoms with Crippen molar-refractivity contribution in [2.45, 2.75) is 0 Å². The van der Waals surface area contributed by atoms with Crippen LogP contribution in [0.5, 0.6) is 0 Å². The van der Waals surface area contributed by atoms with Crippen molar-refractivity contribution in [3.8, 4) is 39.9 Å². The summed E-state index contributed by atoms with van der Waals surface area (Å²) in [5.41, 5.74) is 6.31. The molecule has 0 aliphatic heterocycles. The maximum absolute atomic E-state index is 7.07. The molecule has 0 spiro atoms. The Bertz CT molecular complexity index is 3660. The van der Waals surface area contributed by atoms with Crippen molar-refractivity contribution in [2.75, 3.05) is 0 Å². The number of aromatic nitrogens is 4. The quantitative estimate of drug-likeness (QED) is 0.232. The highest BCUT2D eigenvalue weighted by Crippen LogP contribution is 2.40. The van der Waals surface area contributed by atoms with Gasteiger partial charge in [-0.3, -0.25) is 0 Å². The zero-order valence-electron chi connectivity index (χ0n) is 32.1. The van der Waals surface area contributed by atoms with Crippen molar-refractivity contribution >= 4 is 199 Å². The van der Waals surface area contributed by atoms with Crippen LogP contribution in [0.25, 0.3) is 106 Å². The van der Waals surface area contributed by atoms with Crippen LogP contribution in [0.3, 0.4) is 0 Å². The maximum Gasteiger partial charge on any atom is 0.164 e. The summed E-state index contributed by atoms with van der Waals surface area (Å²) >= 11 is 0. The summed E-state index contributed by atoms with van der Waals surface area (Å²) < 4.78 is 15.2. The van der Waals surface area contributed by atoms with Crippen molar-refractivity contribution in [3.63, 3.8) is 0 Å². The highest BCUT2D eigenvalue weighted by Gasteiger charge is 2.28. The van der Waals surface area contributed by atoms with Crippen LogP contribution in [0, 0.1) is 0 Å². The molecule has 4 heterocycles. The molecule has 0 unspecified atom stereocenters. The standard InChI is InChI=1S/C45H16B10N4O2/c46-28-24-27-39(35(53)30(48)25-26-29(47)32(50)34(52)37(55)42(26)61-41(25)27)59(38(24)36(54)33(51)31(28)49)22-13-7-12-21-20-15-14-19(16-23(20)60-40(21)22)45-57-43(17-8-3-1-4-9-17)56-44(58-45)18-10-5-2-6-11-18/h1-16H. The molecule has 258 valence electrons. The van der Waals surface area contributed by atoms with Gasteiger partial charge in [0, 0.05) is 54.5 Å². The molecule has 20 radical (unpaired) electrons. The van der Waals surface area contributed by atoms with Crippen molar-refractivity contribution in [3.05, 3.63) is 97.1 Å². The first kappa shape index (κ1) is 37.6. The smallest absolute Gasteiger partial charge is 0.164 e. The summed E-state index contributed by atoms with van der Waals surface area (Å²) in [5, 5.41) is 3.15. The second kappa shape index (κ2) is 13.6. The summed E-state index contributed by atoms with van der Waals surface area (Å²) in [6, 6.07) is 31.1. The number of nitrogens with zero attached hydrogens (tertiary/aromatic N) is 4. The van der Waals surface area contributed by atoms with E-state index in [1.807, 2.05) is 102 Å². The average Bonchev–Trinajstić information content (AvgIpc) is 3.99. The molecule has 7 aromatic carbocycles. The Balaban J connectivity index is 1.21. The Hall–Kier alpha value is -6.40. The molecule has 0 aliphatic carbocycles. The van der Waals surface area contributed by atoms with E-state index in [4.69, 9.17) is 102 Å². The summed E-state index contributed by atoms with van der Waals surface area (Å²) in [5.74, 6) is 1.54. The Morgan fingerprint density at radius 2 is 0.869 bits per heavy atom. The van der Waals surface area contributed by atoms with Crippen molar-refractivity contribution in [1.29, 1.82) is 0 Å². The lowest BCUT2D eigenvalue weighted by atomic mass is 9.64. The molecule has 4 aromatic heterocycles. The van der Waals surface area contributed by atoms with Gasteiger partial charge in [0.15, 0.2) is 23.1 Å². The van der Waals surface area contributed by atoms with E-state index in [-0.39, 0.29) is 65.8 Å². The first-order valence-electron chi connectivity index (χ1n) is 19.0. The Kier molecular flexibility index (Phi) is 8.35. The fourth-order valence-corrected chi connectivity index (χ4v) is 8.52. The van der Waals surface area contributed by atoms with E-state index in [0.717, 1.165) is 21.9 Å². The van der Waals surface area contributed by atoms with Gasteiger partial charge in [-0.2, -0.15) is 0 Å². The molecular formula is C45H16B10N4O2. The maximum atomic E-state index is 7.07. The van der Waals surface area contributed by atoms with E-state index < -0.39 is 0 Å². The van der Waals surface area contributed by atoms with E-state index in [9.17, 15) is 0 Å². The summed E-state index contributed by atoms with van der Waals surface area (Å²) in [6.07, 6.45) is 0. The number of furan rings is 2. The van der Waals surface area contributed by atoms with E-state index in [2.05, 4.69) is 0 Å². The van der Waals surface area contributed by atoms with Crippen LogP contribution in [0.1, 0.15) is 0 Å². The Morgan fingerprint density at radius 1 is 0.361 bits per heavy atom. The van der Waals surface area contributed by atoms with E-state index in [0.29, 0.717) is 72.5 Å². The van der Waals surface area contributed by atoms with Crippen LogP contribution >= 0.6 is 0 Å². The molecule has 0 amide bonds. The minimum atomic E-state index is 0.0681. The van der Waals surface area contributed by atoms with Gasteiger partial charge in [0.25, 0.3) is 0 Å². The van der Waals surface area contributed by atoms with Crippen LogP contribution in [0.2, 0.25) is 0 Å². The predicted octanol–water partition coefficient (Wildman–Crippen LogP) is -0.293. The normalized spacial score (nSPS) is 11.9. The molecule has 61 heavy (non-hydrogen) atoms. The van der Waals surface area contributed by atoms with Gasteiger partial charge in [-0.25, -0.2) is 15.0 Å².